The van der Waals surface area contributed by atoms with Crippen molar-refractivity contribution in [2.24, 2.45) is 5.92 Å². The Kier molecular flexibility index (Phi) is 6.03. The number of terminal acetylenes is 1. The molecule has 0 aromatic carbocycles. The van der Waals surface area contributed by atoms with Gasteiger partial charge in [-0.1, -0.05) is 12.8 Å². The van der Waals surface area contributed by atoms with Crippen LogP contribution >= 0.6 is 0 Å². The van der Waals surface area contributed by atoms with Crippen LogP contribution in [0.4, 0.5) is 0 Å². The fourth-order valence-electron chi connectivity index (χ4n) is 2.41. The van der Waals surface area contributed by atoms with Crippen molar-refractivity contribution in [1.82, 2.24) is 10.2 Å². The Morgan fingerprint density at radius 3 is 3.06 bits per heavy atom. The quantitative estimate of drug-likeness (QED) is 0.672. The number of rotatable bonds is 6. The third-order valence-electron chi connectivity index (χ3n) is 3.28. The molecule has 1 aliphatic rings. The highest BCUT2D eigenvalue weighted by molar-refractivity contribution is 5.68. The molecule has 0 aromatic rings. The van der Waals surface area contributed by atoms with Crippen LogP contribution in [0.15, 0.2) is 0 Å². The lowest BCUT2D eigenvalue weighted by molar-refractivity contribution is -0.136. The van der Waals surface area contributed by atoms with Crippen LogP contribution < -0.4 is 5.32 Å². The molecule has 0 radical (unpaired) electrons. The summed E-state index contributed by atoms with van der Waals surface area (Å²) in [6, 6.07) is 0.234. The Bertz CT molecular complexity index is 286. The van der Waals surface area contributed by atoms with Crippen molar-refractivity contribution in [3.05, 3.63) is 0 Å². The molecule has 0 spiro atoms. The van der Waals surface area contributed by atoms with Crippen LogP contribution in [-0.2, 0) is 4.79 Å². The van der Waals surface area contributed by atoms with Gasteiger partial charge in [0.15, 0.2) is 0 Å². The Morgan fingerprint density at radius 2 is 2.47 bits per heavy atom. The van der Waals surface area contributed by atoms with Gasteiger partial charge in [-0.05, 0) is 38.3 Å². The normalized spacial score (nSPS) is 22.9. The van der Waals surface area contributed by atoms with Gasteiger partial charge in [0.2, 0.25) is 0 Å². The van der Waals surface area contributed by atoms with E-state index in [4.69, 9.17) is 11.5 Å². The predicted molar refractivity (Wildman–Crippen MR) is 67.7 cm³/mol. The summed E-state index contributed by atoms with van der Waals surface area (Å²) in [6.45, 7) is 4.97. The van der Waals surface area contributed by atoms with Crippen LogP contribution in [0.2, 0.25) is 0 Å². The zero-order valence-electron chi connectivity index (χ0n) is 10.5. The minimum atomic E-state index is -0.798. The predicted octanol–water partition coefficient (Wildman–Crippen LogP) is 0.784. The first-order valence-corrected chi connectivity index (χ1v) is 6.30. The van der Waals surface area contributed by atoms with Crippen molar-refractivity contribution in [2.45, 2.75) is 32.2 Å². The van der Waals surface area contributed by atoms with Crippen molar-refractivity contribution in [2.75, 3.05) is 26.2 Å². The fraction of sp³-hybridized carbons (Fsp3) is 0.769. The summed E-state index contributed by atoms with van der Waals surface area (Å²) >= 11 is 0. The molecule has 96 valence electrons. The van der Waals surface area contributed by atoms with E-state index >= 15 is 0 Å². The van der Waals surface area contributed by atoms with Crippen molar-refractivity contribution in [3.63, 3.8) is 0 Å². The van der Waals surface area contributed by atoms with Crippen molar-refractivity contribution >= 4 is 5.97 Å². The smallest absolute Gasteiger partial charge is 0.317 e. The summed E-state index contributed by atoms with van der Waals surface area (Å²) in [5.41, 5.74) is 0. The molecule has 0 aromatic heterocycles. The van der Waals surface area contributed by atoms with Gasteiger partial charge in [0, 0.05) is 6.54 Å². The van der Waals surface area contributed by atoms with Gasteiger partial charge in [0.1, 0.15) is 0 Å². The van der Waals surface area contributed by atoms with E-state index in [1.807, 2.05) is 0 Å². The molecule has 4 heteroatoms. The molecule has 1 heterocycles. The number of aliphatic carboxylic acids is 1. The molecule has 4 nitrogen and oxygen atoms in total. The van der Waals surface area contributed by atoms with Gasteiger partial charge in [-0.2, -0.15) is 0 Å². The van der Waals surface area contributed by atoms with Crippen LogP contribution in [0.3, 0.4) is 0 Å². The third-order valence-corrected chi connectivity index (χ3v) is 3.28. The molecular weight excluding hydrogens is 216 g/mol. The second kappa shape index (κ2) is 7.31. The number of nitrogens with zero attached hydrogens (tertiary/aromatic N) is 1. The minimum absolute atomic E-state index is 0.0445. The Balaban J connectivity index is 2.33. The van der Waals surface area contributed by atoms with Gasteiger partial charge >= 0.3 is 5.97 Å². The molecule has 0 bridgehead atoms. The summed E-state index contributed by atoms with van der Waals surface area (Å²) in [7, 11) is 0. The zero-order chi connectivity index (χ0) is 12.7. The first kappa shape index (κ1) is 14.0. The topological polar surface area (TPSA) is 52.6 Å². The number of nitrogens with one attached hydrogen (secondary N) is 1. The van der Waals surface area contributed by atoms with Gasteiger partial charge in [0.25, 0.3) is 0 Å². The highest BCUT2D eigenvalue weighted by Gasteiger charge is 2.23. The van der Waals surface area contributed by atoms with Gasteiger partial charge in [-0.25, -0.2) is 0 Å². The number of likely N-dealkylation sites (tertiary alicyclic amines) is 1. The summed E-state index contributed by atoms with van der Waals surface area (Å²) in [6.07, 6.45) is 8.80. The maximum Gasteiger partial charge on any atom is 0.317 e. The lowest BCUT2D eigenvalue weighted by atomic mass is 9.96. The fourth-order valence-corrected chi connectivity index (χ4v) is 2.41. The molecule has 17 heavy (non-hydrogen) atoms. The molecule has 1 saturated heterocycles. The summed E-state index contributed by atoms with van der Waals surface area (Å²) < 4.78 is 0. The second-order valence-electron chi connectivity index (χ2n) is 4.62. The Labute approximate surface area is 103 Å². The van der Waals surface area contributed by atoms with Crippen LogP contribution in [0, 0.1) is 18.3 Å². The van der Waals surface area contributed by atoms with E-state index in [-0.39, 0.29) is 12.6 Å². The number of piperidine rings is 1. The number of carbonyl (C=O) groups is 1. The van der Waals surface area contributed by atoms with Crippen LogP contribution in [0.1, 0.15) is 26.2 Å². The lowest BCUT2D eigenvalue weighted by Gasteiger charge is -2.35. The second-order valence-corrected chi connectivity index (χ2v) is 4.62. The number of hydrogen-bond donors (Lipinski definition) is 2. The SMILES string of the molecule is C#CC(CC)N1CCCC(CNCC(=O)O)C1. The minimum Gasteiger partial charge on any atom is -0.480 e. The first-order valence-electron chi connectivity index (χ1n) is 6.30. The average molecular weight is 238 g/mol. The van der Waals surface area contributed by atoms with E-state index in [1.165, 1.54) is 0 Å². The number of carboxylic acids is 1. The standard InChI is InChI=1S/C13H22N2O2/c1-3-12(4-2)15-7-5-6-11(10-15)8-14-9-13(16)17/h1,11-12,14H,4-10H2,2H3,(H,16,17). The van der Waals surface area contributed by atoms with E-state index in [0.29, 0.717) is 5.92 Å². The number of carboxylic acid groups (broad SMARTS) is 1. The third kappa shape index (κ3) is 4.76. The summed E-state index contributed by atoms with van der Waals surface area (Å²) in [4.78, 5) is 12.8. The molecule has 0 amide bonds. The highest BCUT2D eigenvalue weighted by Crippen LogP contribution is 2.18. The van der Waals surface area contributed by atoms with Gasteiger partial charge < -0.3 is 10.4 Å². The van der Waals surface area contributed by atoms with Crippen LogP contribution in [-0.4, -0.2) is 48.2 Å². The molecule has 1 aliphatic heterocycles. The molecule has 0 saturated carbocycles. The molecule has 1 rings (SSSR count). The van der Waals surface area contributed by atoms with E-state index < -0.39 is 5.97 Å². The lowest BCUT2D eigenvalue weighted by Crippen LogP contribution is -2.44. The van der Waals surface area contributed by atoms with Crippen molar-refractivity contribution in [1.29, 1.82) is 0 Å². The largest absolute Gasteiger partial charge is 0.480 e. The van der Waals surface area contributed by atoms with E-state index in [0.717, 1.165) is 38.9 Å². The zero-order valence-corrected chi connectivity index (χ0v) is 10.5. The van der Waals surface area contributed by atoms with E-state index in [2.05, 4.69) is 23.1 Å². The van der Waals surface area contributed by atoms with E-state index in [1.54, 1.807) is 0 Å². The molecule has 2 atom stereocenters. The molecule has 2 unspecified atom stereocenters. The van der Waals surface area contributed by atoms with Crippen LogP contribution in [0.5, 0.6) is 0 Å². The molecule has 1 fully saturated rings. The maximum absolute atomic E-state index is 10.4. The van der Waals surface area contributed by atoms with Crippen molar-refractivity contribution < 1.29 is 9.90 Å². The highest BCUT2D eigenvalue weighted by atomic mass is 16.4. The first-order chi connectivity index (χ1) is 8.17. The molecular formula is C13H22N2O2. The Morgan fingerprint density at radius 1 is 1.71 bits per heavy atom. The van der Waals surface area contributed by atoms with Gasteiger partial charge in [-0.15, -0.1) is 6.42 Å². The Hall–Kier alpha value is -1.05. The molecule has 2 N–H and O–H groups in total. The van der Waals surface area contributed by atoms with E-state index in [9.17, 15) is 4.79 Å². The number of hydrogen-bond acceptors (Lipinski definition) is 3. The monoisotopic (exact) mass is 238 g/mol. The molecule has 0 aliphatic carbocycles. The van der Waals surface area contributed by atoms with Gasteiger partial charge in [-0.3, -0.25) is 9.69 Å². The van der Waals surface area contributed by atoms with Crippen molar-refractivity contribution in [3.8, 4) is 12.3 Å². The maximum atomic E-state index is 10.4. The average Bonchev–Trinajstić information content (AvgIpc) is 2.31. The summed E-state index contributed by atoms with van der Waals surface area (Å²) in [5.74, 6) is 2.55. The van der Waals surface area contributed by atoms with Gasteiger partial charge in [0.05, 0.1) is 12.6 Å². The van der Waals surface area contributed by atoms with Crippen LogP contribution in [0.25, 0.3) is 0 Å². The summed E-state index contributed by atoms with van der Waals surface area (Å²) in [5, 5.41) is 11.5.